The number of esters is 1. The van der Waals surface area contributed by atoms with Gasteiger partial charge in [-0.3, -0.25) is 9.59 Å². The van der Waals surface area contributed by atoms with Crippen LogP contribution in [0.5, 0.6) is 0 Å². The van der Waals surface area contributed by atoms with Crippen LogP contribution < -0.4 is 5.32 Å². The van der Waals surface area contributed by atoms with Crippen LogP contribution in [0, 0.1) is 12.7 Å². The number of benzene rings is 2. The van der Waals surface area contributed by atoms with Crippen molar-refractivity contribution in [3.8, 4) is 0 Å². The minimum atomic E-state index is -0.732. The fourth-order valence-corrected chi connectivity index (χ4v) is 2.70. The van der Waals surface area contributed by atoms with Crippen molar-refractivity contribution in [3.05, 3.63) is 62.8 Å². The van der Waals surface area contributed by atoms with Crippen molar-refractivity contribution >= 4 is 45.1 Å². The second kappa shape index (κ2) is 8.26. The van der Waals surface area contributed by atoms with E-state index in [-0.39, 0.29) is 17.0 Å². The van der Waals surface area contributed by atoms with Crippen LogP contribution in [0.15, 0.2) is 40.9 Å². The molecule has 4 nitrogen and oxygen atoms in total. The first-order chi connectivity index (χ1) is 11.4. The second-order valence-corrected chi connectivity index (χ2v) is 6.37. The number of amides is 1. The van der Waals surface area contributed by atoms with Crippen molar-refractivity contribution < 1.29 is 18.7 Å². The summed E-state index contributed by atoms with van der Waals surface area (Å²) in [5.74, 6) is -1.80. The molecule has 2 aromatic rings. The Labute approximate surface area is 152 Å². The molecule has 0 unspecified atom stereocenters. The highest BCUT2D eigenvalue weighted by molar-refractivity contribution is 9.10. The van der Waals surface area contributed by atoms with Gasteiger partial charge in [0.25, 0.3) is 5.91 Å². The summed E-state index contributed by atoms with van der Waals surface area (Å²) in [6.45, 7) is 1.38. The average Bonchev–Trinajstić information content (AvgIpc) is 2.52. The molecule has 1 N–H and O–H groups in total. The van der Waals surface area contributed by atoms with Gasteiger partial charge in [-0.2, -0.15) is 0 Å². The van der Waals surface area contributed by atoms with Gasteiger partial charge in [-0.1, -0.05) is 33.6 Å². The maximum absolute atomic E-state index is 13.6. The average molecular weight is 415 g/mol. The molecule has 0 bridgehead atoms. The highest BCUT2D eigenvalue weighted by Crippen LogP contribution is 2.21. The molecule has 1 amide bonds. The van der Waals surface area contributed by atoms with E-state index in [0.717, 1.165) is 10.0 Å². The van der Waals surface area contributed by atoms with Crippen molar-refractivity contribution in [3.63, 3.8) is 0 Å². The minimum Gasteiger partial charge on any atom is -0.455 e. The highest BCUT2D eigenvalue weighted by atomic mass is 79.9. The molecule has 0 aliphatic carbocycles. The lowest BCUT2D eigenvalue weighted by Gasteiger charge is -2.10. The maximum atomic E-state index is 13.6. The summed E-state index contributed by atoms with van der Waals surface area (Å²) in [4.78, 5) is 23.6. The van der Waals surface area contributed by atoms with Gasteiger partial charge in [0.15, 0.2) is 6.61 Å². The molecule has 0 aliphatic rings. The third-order valence-electron chi connectivity index (χ3n) is 3.21. The van der Waals surface area contributed by atoms with E-state index in [2.05, 4.69) is 21.2 Å². The summed E-state index contributed by atoms with van der Waals surface area (Å²) in [6, 6.07) is 9.50. The number of rotatable bonds is 5. The van der Waals surface area contributed by atoms with Gasteiger partial charge in [-0.05, 0) is 42.8 Å². The second-order valence-electron chi connectivity index (χ2n) is 5.05. The van der Waals surface area contributed by atoms with Crippen molar-refractivity contribution in [1.29, 1.82) is 0 Å². The van der Waals surface area contributed by atoms with E-state index in [1.54, 1.807) is 12.1 Å². The molecule has 0 aliphatic heterocycles. The first kappa shape index (κ1) is 18.4. The monoisotopic (exact) mass is 413 g/mol. The predicted octanol–water partition coefficient (Wildman–Crippen LogP) is 4.27. The molecule has 24 heavy (non-hydrogen) atoms. The maximum Gasteiger partial charge on any atom is 0.310 e. The van der Waals surface area contributed by atoms with Crippen LogP contribution in [0.4, 0.5) is 10.1 Å². The Hall–Kier alpha value is -1.92. The van der Waals surface area contributed by atoms with E-state index in [0.29, 0.717) is 5.69 Å². The summed E-state index contributed by atoms with van der Waals surface area (Å²) < 4.78 is 19.4. The van der Waals surface area contributed by atoms with Gasteiger partial charge < -0.3 is 10.1 Å². The normalized spacial score (nSPS) is 10.3. The Morgan fingerprint density at radius 1 is 1.29 bits per heavy atom. The number of aryl methyl sites for hydroxylation is 1. The Kier molecular flexibility index (Phi) is 6.34. The smallest absolute Gasteiger partial charge is 0.310 e. The number of anilines is 1. The van der Waals surface area contributed by atoms with E-state index < -0.39 is 24.3 Å². The zero-order valence-corrected chi connectivity index (χ0v) is 15.1. The van der Waals surface area contributed by atoms with Crippen LogP contribution in [0.1, 0.15) is 11.1 Å². The molecule has 0 saturated carbocycles. The summed E-state index contributed by atoms with van der Waals surface area (Å²) in [7, 11) is 0. The quantitative estimate of drug-likeness (QED) is 0.743. The van der Waals surface area contributed by atoms with Crippen LogP contribution in [-0.4, -0.2) is 18.5 Å². The molecule has 0 saturated heterocycles. The van der Waals surface area contributed by atoms with Crippen molar-refractivity contribution in [2.24, 2.45) is 0 Å². The van der Waals surface area contributed by atoms with Crippen molar-refractivity contribution in [2.75, 3.05) is 11.9 Å². The van der Waals surface area contributed by atoms with Crippen LogP contribution in [-0.2, 0) is 20.7 Å². The largest absolute Gasteiger partial charge is 0.455 e. The van der Waals surface area contributed by atoms with Crippen molar-refractivity contribution in [1.82, 2.24) is 0 Å². The Bertz CT molecular complexity index is 762. The lowest BCUT2D eigenvalue weighted by atomic mass is 10.1. The standard InChI is InChI=1S/C17H14BrClFNO3/c1-10-7-11(18)5-6-15(10)21-16(22)9-24-17(23)8-12-13(19)3-2-4-14(12)20/h2-7H,8-9H2,1H3,(H,21,22). The number of carbonyl (C=O) groups is 2. The first-order valence-electron chi connectivity index (χ1n) is 7.01. The van der Waals surface area contributed by atoms with Gasteiger partial charge in [0, 0.05) is 20.7 Å². The fourth-order valence-electron chi connectivity index (χ4n) is 2.00. The highest BCUT2D eigenvalue weighted by Gasteiger charge is 2.14. The fraction of sp³-hybridized carbons (Fsp3) is 0.176. The summed E-state index contributed by atoms with van der Waals surface area (Å²) in [5.41, 5.74) is 1.53. The summed E-state index contributed by atoms with van der Waals surface area (Å²) in [5, 5.41) is 2.78. The van der Waals surface area contributed by atoms with Gasteiger partial charge in [0.05, 0.1) is 6.42 Å². The molecule has 2 aromatic carbocycles. The van der Waals surface area contributed by atoms with Crippen LogP contribution in [0.2, 0.25) is 5.02 Å². The van der Waals surface area contributed by atoms with E-state index in [4.69, 9.17) is 16.3 Å². The van der Waals surface area contributed by atoms with E-state index in [1.807, 2.05) is 13.0 Å². The van der Waals surface area contributed by atoms with Gasteiger partial charge >= 0.3 is 5.97 Å². The molecular weight excluding hydrogens is 401 g/mol. The topological polar surface area (TPSA) is 55.4 Å². The summed E-state index contributed by atoms with van der Waals surface area (Å²) >= 11 is 9.17. The molecule has 0 heterocycles. The van der Waals surface area contributed by atoms with Crippen molar-refractivity contribution in [2.45, 2.75) is 13.3 Å². The van der Waals surface area contributed by atoms with Crippen LogP contribution in [0.3, 0.4) is 0 Å². The molecular formula is C17H14BrClFNO3. The number of ether oxygens (including phenoxy) is 1. The molecule has 2 rings (SSSR count). The summed E-state index contributed by atoms with van der Waals surface area (Å²) in [6.07, 6.45) is -0.337. The lowest BCUT2D eigenvalue weighted by Crippen LogP contribution is -2.22. The lowest BCUT2D eigenvalue weighted by molar-refractivity contribution is -0.146. The van der Waals surface area contributed by atoms with E-state index in [1.165, 1.54) is 18.2 Å². The Morgan fingerprint density at radius 3 is 2.71 bits per heavy atom. The Balaban J connectivity index is 1.88. The number of hydrogen-bond donors (Lipinski definition) is 1. The number of hydrogen-bond acceptors (Lipinski definition) is 3. The van der Waals surface area contributed by atoms with E-state index in [9.17, 15) is 14.0 Å². The first-order valence-corrected chi connectivity index (χ1v) is 8.18. The third kappa shape index (κ3) is 5.04. The molecule has 0 atom stereocenters. The van der Waals surface area contributed by atoms with E-state index >= 15 is 0 Å². The molecule has 7 heteroatoms. The molecule has 0 aromatic heterocycles. The van der Waals surface area contributed by atoms with Crippen LogP contribution >= 0.6 is 27.5 Å². The third-order valence-corrected chi connectivity index (χ3v) is 4.06. The SMILES string of the molecule is Cc1cc(Br)ccc1NC(=O)COC(=O)Cc1c(F)cccc1Cl. The Morgan fingerprint density at radius 2 is 2.04 bits per heavy atom. The van der Waals surface area contributed by atoms with Gasteiger partial charge in [0.2, 0.25) is 0 Å². The zero-order valence-electron chi connectivity index (χ0n) is 12.7. The molecule has 0 spiro atoms. The minimum absolute atomic E-state index is 0.0494. The van der Waals surface area contributed by atoms with Gasteiger partial charge in [-0.15, -0.1) is 0 Å². The van der Waals surface area contributed by atoms with Gasteiger partial charge in [-0.25, -0.2) is 4.39 Å². The van der Waals surface area contributed by atoms with Gasteiger partial charge in [0.1, 0.15) is 5.82 Å². The number of carbonyl (C=O) groups excluding carboxylic acids is 2. The molecule has 0 radical (unpaired) electrons. The number of halogens is 3. The predicted molar refractivity (Wildman–Crippen MR) is 93.6 cm³/mol. The molecule has 126 valence electrons. The number of nitrogens with one attached hydrogen (secondary N) is 1. The molecule has 0 fully saturated rings. The van der Waals surface area contributed by atoms with Crippen LogP contribution in [0.25, 0.3) is 0 Å². The zero-order chi connectivity index (χ0) is 17.7.